The summed E-state index contributed by atoms with van der Waals surface area (Å²) in [4.78, 5) is 16.8. The molecule has 0 bridgehead atoms. The zero-order valence-corrected chi connectivity index (χ0v) is 16.1. The van der Waals surface area contributed by atoms with Crippen LogP contribution in [0.4, 0.5) is 4.79 Å². The van der Waals surface area contributed by atoms with Gasteiger partial charge < -0.3 is 9.47 Å². The summed E-state index contributed by atoms with van der Waals surface area (Å²) in [5, 5.41) is 5.49. The molecule has 3 rings (SSSR count). The summed E-state index contributed by atoms with van der Waals surface area (Å²) in [5.74, 6) is 0.739. The quantitative estimate of drug-likeness (QED) is 0.642. The molecule has 2 aromatic heterocycles. The Morgan fingerprint density at radius 1 is 1.27 bits per heavy atom. The summed E-state index contributed by atoms with van der Waals surface area (Å²) in [7, 11) is 1.62. The molecule has 6 nitrogen and oxygen atoms in total. The molecule has 0 aliphatic heterocycles. The summed E-state index contributed by atoms with van der Waals surface area (Å²) < 4.78 is 11.8. The number of fused-ring (bicyclic) bond motifs is 1. The highest BCUT2D eigenvalue weighted by Gasteiger charge is 2.19. The van der Waals surface area contributed by atoms with E-state index >= 15 is 0 Å². The van der Waals surface area contributed by atoms with E-state index in [2.05, 4.69) is 5.10 Å². The number of ether oxygens (including phenoxy) is 2. The van der Waals surface area contributed by atoms with Crippen LogP contribution in [0.5, 0.6) is 5.75 Å². The molecular formula is C19H20ClN3O3. The number of aryl methyl sites for hydroxylation is 1. The maximum Gasteiger partial charge on any atom is 0.435 e. The van der Waals surface area contributed by atoms with Crippen LogP contribution in [0.25, 0.3) is 22.2 Å². The predicted octanol–water partition coefficient (Wildman–Crippen LogP) is 4.85. The van der Waals surface area contributed by atoms with Crippen molar-refractivity contribution in [3.8, 4) is 17.0 Å². The summed E-state index contributed by atoms with van der Waals surface area (Å²) in [6, 6.07) is 5.50. The Balaban J connectivity index is 2.04. The summed E-state index contributed by atoms with van der Waals surface area (Å²) in [6.07, 6.45) is 2.59. The van der Waals surface area contributed by atoms with E-state index in [1.165, 1.54) is 0 Å². The van der Waals surface area contributed by atoms with Crippen molar-refractivity contribution in [3.63, 3.8) is 0 Å². The lowest BCUT2D eigenvalue weighted by molar-refractivity contribution is 0.0514. The molecule has 7 heteroatoms. The number of hydrogen-bond donors (Lipinski definition) is 0. The number of carbonyl (C=O) groups excluding carboxylic acids is 1. The maximum absolute atomic E-state index is 12.1. The lowest BCUT2D eigenvalue weighted by Gasteiger charge is -2.18. The Bertz CT molecular complexity index is 990. The highest BCUT2D eigenvalue weighted by atomic mass is 35.5. The first-order valence-corrected chi connectivity index (χ1v) is 8.49. The third kappa shape index (κ3) is 3.51. The molecule has 3 aromatic rings. The average Bonchev–Trinajstić information content (AvgIpc) is 3.04. The molecule has 0 unspecified atom stereocenters. The Labute approximate surface area is 156 Å². The molecular weight excluding hydrogens is 354 g/mol. The number of halogens is 1. The topological polar surface area (TPSA) is 66.2 Å². The van der Waals surface area contributed by atoms with E-state index in [-0.39, 0.29) is 0 Å². The van der Waals surface area contributed by atoms with Crippen LogP contribution in [-0.2, 0) is 4.74 Å². The first-order valence-electron chi connectivity index (χ1n) is 8.12. The van der Waals surface area contributed by atoms with Gasteiger partial charge in [0.15, 0.2) is 0 Å². The predicted molar refractivity (Wildman–Crippen MR) is 101 cm³/mol. The molecule has 0 fully saturated rings. The number of methoxy groups -OCH3 is 1. The van der Waals surface area contributed by atoms with Gasteiger partial charge in [0.2, 0.25) is 0 Å². The van der Waals surface area contributed by atoms with Crippen molar-refractivity contribution < 1.29 is 14.3 Å². The molecule has 2 heterocycles. The van der Waals surface area contributed by atoms with Gasteiger partial charge in [-0.1, -0.05) is 11.6 Å². The van der Waals surface area contributed by atoms with E-state index < -0.39 is 11.7 Å². The third-order valence-electron chi connectivity index (χ3n) is 3.81. The number of carbonyl (C=O) groups is 1. The van der Waals surface area contributed by atoms with Gasteiger partial charge in [0.1, 0.15) is 11.4 Å². The zero-order valence-electron chi connectivity index (χ0n) is 15.3. The number of rotatable bonds is 2. The van der Waals surface area contributed by atoms with Crippen LogP contribution in [0.2, 0.25) is 5.02 Å². The first-order chi connectivity index (χ1) is 12.2. The summed E-state index contributed by atoms with van der Waals surface area (Å²) in [6.45, 7) is 7.33. The molecule has 0 amide bonds. The van der Waals surface area contributed by atoms with Gasteiger partial charge >= 0.3 is 6.09 Å². The monoisotopic (exact) mass is 373 g/mol. The van der Waals surface area contributed by atoms with Crippen LogP contribution in [0.3, 0.4) is 0 Å². The van der Waals surface area contributed by atoms with Crippen molar-refractivity contribution in [3.05, 3.63) is 41.2 Å². The molecule has 0 saturated heterocycles. The molecule has 0 radical (unpaired) electrons. The fourth-order valence-electron chi connectivity index (χ4n) is 2.60. The van der Waals surface area contributed by atoms with E-state index in [0.717, 1.165) is 26.9 Å². The summed E-state index contributed by atoms with van der Waals surface area (Å²) in [5.41, 5.74) is 2.34. The Kier molecular flexibility index (Phi) is 4.63. The van der Waals surface area contributed by atoms with Crippen molar-refractivity contribution in [1.82, 2.24) is 14.8 Å². The van der Waals surface area contributed by atoms with Crippen LogP contribution in [0.15, 0.2) is 30.6 Å². The van der Waals surface area contributed by atoms with Crippen molar-refractivity contribution in [2.45, 2.75) is 33.3 Å². The van der Waals surface area contributed by atoms with Gasteiger partial charge in [-0.25, -0.2) is 9.78 Å². The van der Waals surface area contributed by atoms with Crippen LogP contribution in [0, 0.1) is 6.92 Å². The Morgan fingerprint density at radius 2 is 2.00 bits per heavy atom. The minimum Gasteiger partial charge on any atom is -0.496 e. The molecule has 0 saturated carbocycles. The van der Waals surface area contributed by atoms with Gasteiger partial charge in [-0.3, -0.25) is 0 Å². The molecule has 136 valence electrons. The smallest absolute Gasteiger partial charge is 0.435 e. The lowest BCUT2D eigenvalue weighted by atomic mass is 10.1. The SMILES string of the molecule is COc1ccc2c(Cl)cc(-c3cnn(C(=O)OC(C)(C)C)c3)nc2c1C. The maximum atomic E-state index is 12.1. The average molecular weight is 374 g/mol. The number of pyridine rings is 1. The molecule has 0 spiro atoms. The summed E-state index contributed by atoms with van der Waals surface area (Å²) >= 11 is 6.44. The molecule has 0 atom stereocenters. The molecule has 26 heavy (non-hydrogen) atoms. The van der Waals surface area contributed by atoms with E-state index in [1.807, 2.05) is 19.1 Å². The molecule has 0 aliphatic carbocycles. The zero-order chi connectivity index (χ0) is 19.1. The standard InChI is InChI=1S/C19H20ClN3O3/c1-11-16(25-5)7-6-13-14(20)8-15(22-17(11)13)12-9-21-23(10-12)18(24)26-19(2,3)4/h6-10H,1-5H3. The van der Waals surface area contributed by atoms with E-state index in [4.69, 9.17) is 26.1 Å². The van der Waals surface area contributed by atoms with Gasteiger partial charge in [-0.2, -0.15) is 9.78 Å². The number of nitrogens with zero attached hydrogens (tertiary/aromatic N) is 3. The van der Waals surface area contributed by atoms with Gasteiger partial charge in [0, 0.05) is 22.7 Å². The Hall–Kier alpha value is -2.60. The van der Waals surface area contributed by atoms with Crippen LogP contribution < -0.4 is 4.74 Å². The van der Waals surface area contributed by atoms with Gasteiger partial charge in [-0.15, -0.1) is 0 Å². The van der Waals surface area contributed by atoms with Crippen molar-refractivity contribution in [1.29, 1.82) is 0 Å². The lowest BCUT2D eigenvalue weighted by Crippen LogP contribution is -2.27. The van der Waals surface area contributed by atoms with Gasteiger partial charge in [-0.05, 0) is 45.9 Å². The van der Waals surface area contributed by atoms with Crippen molar-refractivity contribution in [2.75, 3.05) is 7.11 Å². The number of aromatic nitrogens is 3. The van der Waals surface area contributed by atoms with Gasteiger partial charge in [0.05, 0.1) is 29.5 Å². The first kappa shape index (κ1) is 18.2. The number of hydrogen-bond acceptors (Lipinski definition) is 5. The molecule has 0 aliphatic rings. The second-order valence-corrected chi connectivity index (χ2v) is 7.34. The third-order valence-corrected chi connectivity index (χ3v) is 4.13. The van der Waals surface area contributed by atoms with Crippen molar-refractivity contribution >= 4 is 28.6 Å². The normalized spacial score (nSPS) is 11.6. The highest BCUT2D eigenvalue weighted by molar-refractivity contribution is 6.35. The minimum absolute atomic E-state index is 0.548. The fourth-order valence-corrected chi connectivity index (χ4v) is 2.86. The van der Waals surface area contributed by atoms with Crippen LogP contribution >= 0.6 is 11.6 Å². The molecule has 0 N–H and O–H groups in total. The van der Waals surface area contributed by atoms with Crippen LogP contribution in [0.1, 0.15) is 26.3 Å². The highest BCUT2D eigenvalue weighted by Crippen LogP contribution is 2.33. The second kappa shape index (κ2) is 6.61. The van der Waals surface area contributed by atoms with Crippen LogP contribution in [-0.4, -0.2) is 33.6 Å². The van der Waals surface area contributed by atoms with E-state index in [9.17, 15) is 4.79 Å². The van der Waals surface area contributed by atoms with E-state index in [1.54, 1.807) is 46.3 Å². The van der Waals surface area contributed by atoms with E-state index in [0.29, 0.717) is 16.3 Å². The fraction of sp³-hybridized carbons (Fsp3) is 0.316. The minimum atomic E-state index is -0.596. The Morgan fingerprint density at radius 3 is 2.65 bits per heavy atom. The second-order valence-electron chi connectivity index (χ2n) is 6.93. The largest absolute Gasteiger partial charge is 0.496 e. The van der Waals surface area contributed by atoms with Crippen molar-refractivity contribution in [2.24, 2.45) is 0 Å². The molecule has 1 aromatic carbocycles. The van der Waals surface area contributed by atoms with Gasteiger partial charge in [0.25, 0.3) is 0 Å². The number of benzene rings is 1.